The minimum absolute atomic E-state index is 0.194. The summed E-state index contributed by atoms with van der Waals surface area (Å²) in [6.07, 6.45) is 5.26. The van der Waals surface area contributed by atoms with Gasteiger partial charge in [-0.2, -0.15) is 0 Å². The summed E-state index contributed by atoms with van der Waals surface area (Å²) in [5.41, 5.74) is 5.84. The van der Waals surface area contributed by atoms with E-state index in [-0.39, 0.29) is 6.10 Å². The summed E-state index contributed by atoms with van der Waals surface area (Å²) in [6.45, 7) is 5.02. The number of aliphatic hydroxyl groups is 1. The van der Waals surface area contributed by atoms with Gasteiger partial charge in [0.1, 0.15) is 0 Å². The van der Waals surface area contributed by atoms with E-state index in [0.717, 1.165) is 38.6 Å². The number of aliphatic hydroxyl groups excluding tert-OH is 1. The zero-order chi connectivity index (χ0) is 11.3. The Hall–Kier alpha value is -0.120. The van der Waals surface area contributed by atoms with Gasteiger partial charge < -0.3 is 16.2 Å². The molecule has 1 unspecified atom stereocenters. The van der Waals surface area contributed by atoms with Crippen LogP contribution in [0, 0.1) is 5.92 Å². The predicted molar refractivity (Wildman–Crippen MR) is 63.7 cm³/mol. The second-order valence-corrected chi connectivity index (χ2v) is 5.30. The van der Waals surface area contributed by atoms with Gasteiger partial charge in [0.25, 0.3) is 0 Å². The molecule has 0 aromatic rings. The largest absolute Gasteiger partial charge is 0.392 e. The molecule has 15 heavy (non-hydrogen) atoms. The molecule has 0 heterocycles. The lowest BCUT2D eigenvalue weighted by Crippen LogP contribution is -2.40. The zero-order valence-corrected chi connectivity index (χ0v) is 10.1. The van der Waals surface area contributed by atoms with Gasteiger partial charge in [-0.05, 0) is 38.0 Å². The normalized spacial score (nSPS) is 29.4. The summed E-state index contributed by atoms with van der Waals surface area (Å²) in [6, 6.07) is 0.982. The first kappa shape index (κ1) is 12.9. The van der Waals surface area contributed by atoms with Crippen molar-refractivity contribution in [2.45, 2.75) is 64.1 Å². The number of nitrogens with one attached hydrogen (secondary N) is 1. The van der Waals surface area contributed by atoms with Gasteiger partial charge in [0, 0.05) is 18.6 Å². The standard InChI is InChI=1S/C12H26N2O/c1-9(2)7-12(15)8-14-11-5-3-10(13)4-6-11/h9-12,14-15H,3-8,13H2,1-2H3. The number of nitrogens with two attached hydrogens (primary N) is 1. The van der Waals surface area contributed by atoms with Crippen LogP contribution in [-0.4, -0.2) is 29.8 Å². The highest BCUT2D eigenvalue weighted by Gasteiger charge is 2.18. The topological polar surface area (TPSA) is 58.3 Å². The van der Waals surface area contributed by atoms with Crippen molar-refractivity contribution in [1.29, 1.82) is 0 Å². The second-order valence-electron chi connectivity index (χ2n) is 5.30. The lowest BCUT2D eigenvalue weighted by atomic mass is 9.91. The summed E-state index contributed by atoms with van der Waals surface area (Å²) < 4.78 is 0. The number of hydrogen-bond donors (Lipinski definition) is 3. The third-order valence-corrected chi connectivity index (χ3v) is 3.16. The molecule has 0 radical (unpaired) electrons. The van der Waals surface area contributed by atoms with E-state index in [4.69, 9.17) is 5.73 Å². The van der Waals surface area contributed by atoms with Crippen LogP contribution in [0.3, 0.4) is 0 Å². The molecule has 90 valence electrons. The van der Waals surface area contributed by atoms with Crippen LogP contribution in [0.4, 0.5) is 0 Å². The fourth-order valence-corrected chi connectivity index (χ4v) is 2.25. The van der Waals surface area contributed by atoms with Crippen LogP contribution < -0.4 is 11.1 Å². The van der Waals surface area contributed by atoms with E-state index in [0.29, 0.717) is 18.0 Å². The molecular formula is C12H26N2O. The summed E-state index contributed by atoms with van der Waals surface area (Å²) in [4.78, 5) is 0. The Labute approximate surface area is 93.4 Å². The van der Waals surface area contributed by atoms with Crippen molar-refractivity contribution < 1.29 is 5.11 Å². The average Bonchev–Trinajstić information content (AvgIpc) is 2.16. The van der Waals surface area contributed by atoms with Gasteiger partial charge in [0.2, 0.25) is 0 Å². The lowest BCUT2D eigenvalue weighted by molar-refractivity contribution is 0.139. The van der Waals surface area contributed by atoms with Crippen LogP contribution in [0.1, 0.15) is 46.0 Å². The van der Waals surface area contributed by atoms with E-state index in [2.05, 4.69) is 19.2 Å². The highest BCUT2D eigenvalue weighted by atomic mass is 16.3. The SMILES string of the molecule is CC(C)CC(O)CNC1CCC(N)CC1. The van der Waals surface area contributed by atoms with Crippen molar-refractivity contribution in [2.75, 3.05) is 6.54 Å². The molecule has 1 saturated carbocycles. The molecule has 0 aliphatic heterocycles. The molecule has 0 bridgehead atoms. The van der Waals surface area contributed by atoms with E-state index in [9.17, 15) is 5.11 Å². The summed E-state index contributed by atoms with van der Waals surface area (Å²) in [5, 5.41) is 13.2. The van der Waals surface area contributed by atoms with Crippen LogP contribution in [-0.2, 0) is 0 Å². The van der Waals surface area contributed by atoms with Crippen molar-refractivity contribution in [3.8, 4) is 0 Å². The maximum atomic E-state index is 9.72. The molecular weight excluding hydrogens is 188 g/mol. The van der Waals surface area contributed by atoms with Gasteiger partial charge >= 0.3 is 0 Å². The summed E-state index contributed by atoms with van der Waals surface area (Å²) in [7, 11) is 0. The van der Waals surface area contributed by atoms with Crippen LogP contribution >= 0.6 is 0 Å². The third kappa shape index (κ3) is 5.50. The Balaban J connectivity index is 2.09. The zero-order valence-electron chi connectivity index (χ0n) is 10.1. The first-order chi connectivity index (χ1) is 7.08. The Kier molecular flexibility index (Phi) is 5.58. The van der Waals surface area contributed by atoms with E-state index in [1.807, 2.05) is 0 Å². The molecule has 0 aromatic carbocycles. The molecule has 1 aliphatic rings. The predicted octanol–water partition coefficient (Wildman–Crippen LogP) is 1.25. The third-order valence-electron chi connectivity index (χ3n) is 3.16. The van der Waals surface area contributed by atoms with Gasteiger partial charge in [-0.25, -0.2) is 0 Å². The van der Waals surface area contributed by atoms with E-state index >= 15 is 0 Å². The number of rotatable bonds is 5. The van der Waals surface area contributed by atoms with E-state index in [1.54, 1.807) is 0 Å². The number of hydrogen-bond acceptors (Lipinski definition) is 3. The van der Waals surface area contributed by atoms with Crippen molar-refractivity contribution in [1.82, 2.24) is 5.32 Å². The average molecular weight is 214 g/mol. The second kappa shape index (κ2) is 6.46. The Morgan fingerprint density at radius 1 is 1.27 bits per heavy atom. The highest BCUT2D eigenvalue weighted by molar-refractivity contribution is 4.79. The smallest absolute Gasteiger partial charge is 0.0667 e. The minimum Gasteiger partial charge on any atom is -0.392 e. The maximum absolute atomic E-state index is 9.72. The molecule has 0 saturated heterocycles. The van der Waals surface area contributed by atoms with Crippen molar-refractivity contribution in [2.24, 2.45) is 11.7 Å². The van der Waals surface area contributed by atoms with Gasteiger partial charge in [-0.3, -0.25) is 0 Å². The van der Waals surface area contributed by atoms with E-state index in [1.165, 1.54) is 0 Å². The van der Waals surface area contributed by atoms with Gasteiger partial charge in [0.05, 0.1) is 6.10 Å². The Morgan fingerprint density at radius 3 is 2.40 bits per heavy atom. The molecule has 1 fully saturated rings. The van der Waals surface area contributed by atoms with Gasteiger partial charge in [0.15, 0.2) is 0 Å². The summed E-state index contributed by atoms with van der Waals surface area (Å²) in [5.74, 6) is 0.571. The fraction of sp³-hybridized carbons (Fsp3) is 1.00. The van der Waals surface area contributed by atoms with Crippen LogP contribution in [0.25, 0.3) is 0 Å². The van der Waals surface area contributed by atoms with E-state index < -0.39 is 0 Å². The maximum Gasteiger partial charge on any atom is 0.0667 e. The monoisotopic (exact) mass is 214 g/mol. The Bertz CT molecular complexity index is 165. The molecule has 0 aromatic heterocycles. The summed E-state index contributed by atoms with van der Waals surface area (Å²) >= 11 is 0. The molecule has 3 heteroatoms. The molecule has 1 aliphatic carbocycles. The molecule has 3 nitrogen and oxygen atoms in total. The Morgan fingerprint density at radius 2 is 1.87 bits per heavy atom. The van der Waals surface area contributed by atoms with Gasteiger partial charge in [-0.15, -0.1) is 0 Å². The first-order valence-corrected chi connectivity index (χ1v) is 6.25. The lowest BCUT2D eigenvalue weighted by Gasteiger charge is -2.28. The highest BCUT2D eigenvalue weighted by Crippen LogP contribution is 2.17. The van der Waals surface area contributed by atoms with Crippen molar-refractivity contribution in [3.63, 3.8) is 0 Å². The first-order valence-electron chi connectivity index (χ1n) is 6.25. The molecule has 0 amide bonds. The van der Waals surface area contributed by atoms with Crippen molar-refractivity contribution >= 4 is 0 Å². The molecule has 1 rings (SSSR count). The van der Waals surface area contributed by atoms with Crippen LogP contribution in [0.15, 0.2) is 0 Å². The molecule has 1 atom stereocenters. The quantitative estimate of drug-likeness (QED) is 0.645. The van der Waals surface area contributed by atoms with Crippen LogP contribution in [0.2, 0.25) is 0 Å². The fourth-order valence-electron chi connectivity index (χ4n) is 2.25. The van der Waals surface area contributed by atoms with Gasteiger partial charge in [-0.1, -0.05) is 13.8 Å². The van der Waals surface area contributed by atoms with Crippen molar-refractivity contribution in [3.05, 3.63) is 0 Å². The molecule has 0 spiro atoms. The minimum atomic E-state index is -0.194. The van der Waals surface area contributed by atoms with Crippen LogP contribution in [0.5, 0.6) is 0 Å². The molecule has 4 N–H and O–H groups in total.